The van der Waals surface area contributed by atoms with E-state index >= 15 is 0 Å². The molecular formula is C20H26ClN7O4S. The molecule has 0 radical (unpaired) electrons. The van der Waals surface area contributed by atoms with Gasteiger partial charge in [-0.25, -0.2) is 13.4 Å². The second-order valence-electron chi connectivity index (χ2n) is 6.90. The first kappa shape index (κ1) is 26.5. The third-order valence-corrected chi connectivity index (χ3v) is 5.32. The second kappa shape index (κ2) is 11.9. The first-order valence-corrected chi connectivity index (χ1v) is 11.6. The van der Waals surface area contributed by atoms with E-state index in [0.717, 1.165) is 53.6 Å². The maximum absolute atomic E-state index is 9.22. The standard InChI is InChI=1S/C19H22ClN7.CH4O4S/c1-4-27(11-5-10-21)16-8-6-15(7-9-16)22-23-17-12-14(20)13-18-19(17)26(3)24-25(18)2;1-5-6(2,3)4/h6-9,12-13,24H,4-5,11H2,1-3H3;1H3,(H,2,3,4). The first-order valence-electron chi connectivity index (χ1n) is 9.92. The average molecular weight is 496 g/mol. The molecule has 2 N–H and O–H groups in total. The van der Waals surface area contributed by atoms with Crippen LogP contribution in [0.25, 0.3) is 0 Å². The lowest BCUT2D eigenvalue weighted by Gasteiger charge is -2.21. The van der Waals surface area contributed by atoms with E-state index in [2.05, 4.69) is 37.8 Å². The van der Waals surface area contributed by atoms with Crippen molar-refractivity contribution in [2.45, 2.75) is 13.3 Å². The Balaban J connectivity index is 0.000000569. The summed E-state index contributed by atoms with van der Waals surface area (Å²) < 4.78 is 31.0. The van der Waals surface area contributed by atoms with Crippen LogP contribution in [0.3, 0.4) is 0 Å². The van der Waals surface area contributed by atoms with E-state index in [1.807, 2.05) is 55.5 Å². The lowest BCUT2D eigenvalue weighted by molar-refractivity contribution is -0.854. The van der Waals surface area contributed by atoms with Crippen LogP contribution in [-0.4, -0.2) is 47.3 Å². The van der Waals surface area contributed by atoms with Gasteiger partial charge >= 0.3 is 0 Å². The summed E-state index contributed by atoms with van der Waals surface area (Å²) in [4.78, 5) is 2.16. The normalized spacial score (nSPS) is 15.1. The minimum absolute atomic E-state index is 0.507. The molecule has 0 amide bonds. The van der Waals surface area contributed by atoms with Crippen molar-refractivity contribution in [3.8, 4) is 6.07 Å². The van der Waals surface area contributed by atoms with Crippen LogP contribution in [0.4, 0.5) is 28.4 Å². The smallest absolute Gasteiger partial charge is 0.217 e. The third-order valence-electron chi connectivity index (χ3n) is 4.70. The molecule has 2 aromatic rings. The first-order chi connectivity index (χ1) is 15.6. The van der Waals surface area contributed by atoms with Crippen molar-refractivity contribution < 1.29 is 22.2 Å². The number of hydrazine groups is 1. The molecule has 0 aliphatic carbocycles. The van der Waals surface area contributed by atoms with E-state index in [9.17, 15) is 13.0 Å². The number of anilines is 2. The van der Waals surface area contributed by atoms with Gasteiger partial charge < -0.3 is 9.45 Å². The Morgan fingerprint density at radius 3 is 2.48 bits per heavy atom. The van der Waals surface area contributed by atoms with Gasteiger partial charge in [0.25, 0.3) is 0 Å². The van der Waals surface area contributed by atoms with Gasteiger partial charge in [-0.2, -0.15) is 10.4 Å². The summed E-state index contributed by atoms with van der Waals surface area (Å²) in [5.41, 5.74) is 7.80. The van der Waals surface area contributed by atoms with E-state index in [1.165, 1.54) is 0 Å². The molecule has 0 saturated heterocycles. The van der Waals surface area contributed by atoms with Crippen molar-refractivity contribution in [3.63, 3.8) is 0 Å². The van der Waals surface area contributed by atoms with Crippen LogP contribution in [0.5, 0.6) is 0 Å². The van der Waals surface area contributed by atoms with Crippen LogP contribution in [0.15, 0.2) is 46.6 Å². The van der Waals surface area contributed by atoms with E-state index in [0.29, 0.717) is 11.4 Å². The minimum atomic E-state index is -4.41. The zero-order chi connectivity index (χ0) is 24.6. The highest BCUT2D eigenvalue weighted by Crippen LogP contribution is 2.38. The molecule has 1 aliphatic heterocycles. The molecule has 33 heavy (non-hydrogen) atoms. The topological polar surface area (TPSA) is 138 Å². The summed E-state index contributed by atoms with van der Waals surface area (Å²) in [6.45, 7) is 3.65. The Bertz CT molecular complexity index is 1120. The van der Waals surface area contributed by atoms with E-state index in [1.54, 1.807) is 0 Å². The third kappa shape index (κ3) is 7.64. The Kier molecular flexibility index (Phi) is 9.54. The molecule has 1 aliphatic rings. The van der Waals surface area contributed by atoms with Crippen molar-refractivity contribution >= 4 is 50.4 Å². The Hall–Kier alpha value is -2.79. The zero-order valence-corrected chi connectivity index (χ0v) is 20.3. The molecule has 1 heterocycles. The highest BCUT2D eigenvalue weighted by Gasteiger charge is 2.29. The number of nitrogens with one attached hydrogen (secondary N) is 2. The van der Waals surface area contributed by atoms with Gasteiger partial charge in [-0.1, -0.05) is 17.1 Å². The summed E-state index contributed by atoms with van der Waals surface area (Å²) in [5.74, 6) is 0. The highest BCUT2D eigenvalue weighted by atomic mass is 35.5. The number of hydrogen-bond donors (Lipinski definition) is 2. The lowest BCUT2D eigenvalue weighted by Crippen LogP contribution is -3.10. The average Bonchev–Trinajstić information content (AvgIpc) is 3.06. The van der Waals surface area contributed by atoms with Gasteiger partial charge in [0, 0.05) is 36.9 Å². The fourth-order valence-electron chi connectivity index (χ4n) is 3.16. The molecule has 1 atom stereocenters. The Morgan fingerprint density at radius 2 is 1.94 bits per heavy atom. The molecule has 178 valence electrons. The molecule has 3 rings (SSSR count). The van der Waals surface area contributed by atoms with Gasteiger partial charge in [-0.05, 0) is 37.3 Å². The van der Waals surface area contributed by atoms with Crippen LogP contribution >= 0.6 is 11.6 Å². The number of quaternary nitrogens is 1. The van der Waals surface area contributed by atoms with E-state index in [-0.39, 0.29) is 0 Å². The molecule has 2 aromatic carbocycles. The maximum atomic E-state index is 9.22. The van der Waals surface area contributed by atoms with Crippen molar-refractivity contribution in [1.82, 2.24) is 5.53 Å². The molecule has 0 fully saturated rings. The molecule has 1 unspecified atom stereocenters. The van der Waals surface area contributed by atoms with Crippen LogP contribution in [-0.2, 0) is 14.6 Å². The summed E-state index contributed by atoms with van der Waals surface area (Å²) >= 11 is 6.25. The number of benzene rings is 2. The SMILES string of the molecule is CCN(CCC#N)c1ccc(N=Nc2cc(Cl)cc3c2N(C)N[NH+]3C)cc1.COS(=O)(=O)[O-]. The number of nitriles is 1. The van der Waals surface area contributed by atoms with E-state index < -0.39 is 10.4 Å². The molecule has 0 aromatic heterocycles. The molecule has 0 spiro atoms. The van der Waals surface area contributed by atoms with Gasteiger partial charge in [0.2, 0.25) is 10.4 Å². The van der Waals surface area contributed by atoms with Crippen molar-refractivity contribution in [2.75, 3.05) is 44.2 Å². The van der Waals surface area contributed by atoms with Gasteiger partial charge in [0.1, 0.15) is 11.4 Å². The fraction of sp³-hybridized carbons (Fsp3) is 0.350. The molecule has 0 bridgehead atoms. The predicted octanol–water partition coefficient (Wildman–Crippen LogP) is 2.60. The number of halogens is 1. The summed E-state index contributed by atoms with van der Waals surface area (Å²) in [5, 5.41) is 21.2. The number of nitrogens with zero attached hydrogens (tertiary/aromatic N) is 5. The van der Waals surface area contributed by atoms with Crippen molar-refractivity contribution in [3.05, 3.63) is 41.4 Å². The summed E-state index contributed by atoms with van der Waals surface area (Å²) in [6.07, 6.45) is 0.507. The van der Waals surface area contributed by atoms with Crippen LogP contribution in [0.1, 0.15) is 13.3 Å². The second-order valence-corrected chi connectivity index (χ2v) is 8.48. The number of rotatable bonds is 7. The quantitative estimate of drug-likeness (QED) is 0.339. The Morgan fingerprint density at radius 1 is 1.30 bits per heavy atom. The van der Waals surface area contributed by atoms with Crippen molar-refractivity contribution in [2.24, 2.45) is 10.2 Å². The van der Waals surface area contributed by atoms with Gasteiger partial charge in [0.05, 0.1) is 32.3 Å². The maximum Gasteiger partial charge on any atom is 0.217 e. The number of azo groups is 1. The lowest BCUT2D eigenvalue weighted by atomic mass is 10.2. The largest absolute Gasteiger partial charge is 0.726 e. The van der Waals surface area contributed by atoms with E-state index in [4.69, 9.17) is 16.9 Å². The van der Waals surface area contributed by atoms with Crippen LogP contribution in [0.2, 0.25) is 5.02 Å². The Labute approximate surface area is 198 Å². The predicted molar refractivity (Wildman–Crippen MR) is 125 cm³/mol. The van der Waals surface area contributed by atoms with Crippen LogP contribution < -0.4 is 20.5 Å². The minimum Gasteiger partial charge on any atom is -0.726 e. The molecular weight excluding hydrogens is 470 g/mol. The van der Waals surface area contributed by atoms with Gasteiger partial charge in [-0.15, -0.1) is 5.11 Å². The number of fused-ring (bicyclic) bond motifs is 1. The summed E-state index contributed by atoms with van der Waals surface area (Å²) in [6, 6.07) is 13.8. The van der Waals surface area contributed by atoms with Crippen molar-refractivity contribution in [1.29, 1.82) is 5.26 Å². The van der Waals surface area contributed by atoms with Gasteiger partial charge in [0.15, 0.2) is 5.69 Å². The monoisotopic (exact) mass is 495 g/mol. The summed E-state index contributed by atoms with van der Waals surface area (Å²) in [7, 11) is 0.342. The molecule has 0 saturated carbocycles. The number of hydrogen-bond acceptors (Lipinski definition) is 10. The highest BCUT2D eigenvalue weighted by molar-refractivity contribution is 7.80. The molecule has 11 nitrogen and oxygen atoms in total. The zero-order valence-electron chi connectivity index (χ0n) is 18.7. The fourth-order valence-corrected chi connectivity index (χ4v) is 3.38. The van der Waals surface area contributed by atoms with Crippen LogP contribution in [0, 0.1) is 11.3 Å². The molecule has 13 heteroatoms. The van der Waals surface area contributed by atoms with Gasteiger partial charge in [-0.3, -0.25) is 9.19 Å².